The number of hydrogen-bond donors (Lipinski definition) is 0. The van der Waals surface area contributed by atoms with Crippen LogP contribution in [0.3, 0.4) is 0 Å². The Morgan fingerprint density at radius 2 is 2.00 bits per heavy atom. The third kappa shape index (κ3) is 6.47. The molecule has 8 heteroatoms. The van der Waals surface area contributed by atoms with Crippen LogP contribution in [0.5, 0.6) is 0 Å². The second-order valence-electron chi connectivity index (χ2n) is 6.60. The molecule has 2 rings (SSSR count). The fourth-order valence-corrected chi connectivity index (χ4v) is 2.81. The van der Waals surface area contributed by atoms with E-state index in [9.17, 15) is 9.59 Å². The number of aryl methyl sites for hydroxylation is 2. The number of benzene rings is 1. The Bertz CT molecular complexity index is 942. The zero-order valence-corrected chi connectivity index (χ0v) is 17.4. The number of hydrogen-bond acceptors (Lipinski definition) is 5. The Balaban J connectivity index is 1.97. The lowest BCUT2D eigenvalue weighted by atomic mass is 10.1. The highest BCUT2D eigenvalue weighted by Gasteiger charge is 2.13. The number of rotatable bonds is 8. The number of esters is 1. The van der Waals surface area contributed by atoms with E-state index in [1.54, 1.807) is 18.7 Å². The molecule has 0 aliphatic carbocycles. The summed E-state index contributed by atoms with van der Waals surface area (Å²) in [6.45, 7) is 4.24. The standard InChI is InChI=1S/C21H23ClN4O3/c1-15-5-7-17(8-6-15)13-26-21(22)18(16(2)24-26)9-10-20(28)29-14-19(27)25(3)12-4-11-23/h5-10H,4,12-14H2,1-3H3/b10-9+. The second-order valence-corrected chi connectivity index (χ2v) is 6.96. The molecule has 7 nitrogen and oxygen atoms in total. The lowest BCUT2D eigenvalue weighted by Gasteiger charge is -2.14. The fourth-order valence-electron chi connectivity index (χ4n) is 2.51. The first-order chi connectivity index (χ1) is 13.8. The van der Waals surface area contributed by atoms with Gasteiger partial charge in [-0.1, -0.05) is 41.4 Å². The maximum Gasteiger partial charge on any atom is 0.331 e. The molecule has 0 aliphatic heterocycles. The Morgan fingerprint density at radius 3 is 2.66 bits per heavy atom. The van der Waals surface area contributed by atoms with E-state index < -0.39 is 5.97 Å². The quantitative estimate of drug-likeness (QED) is 0.489. The van der Waals surface area contributed by atoms with Gasteiger partial charge in [-0.2, -0.15) is 10.4 Å². The summed E-state index contributed by atoms with van der Waals surface area (Å²) >= 11 is 6.42. The van der Waals surface area contributed by atoms with E-state index in [4.69, 9.17) is 21.6 Å². The number of likely N-dealkylation sites (N-methyl/N-ethyl adjacent to an activating group) is 1. The van der Waals surface area contributed by atoms with Crippen molar-refractivity contribution in [2.75, 3.05) is 20.2 Å². The Morgan fingerprint density at radius 1 is 1.31 bits per heavy atom. The van der Waals surface area contributed by atoms with E-state index in [2.05, 4.69) is 5.10 Å². The molecule has 152 valence electrons. The molecule has 0 atom stereocenters. The molecule has 1 aromatic heterocycles. The minimum absolute atomic E-state index is 0.223. The Kier molecular flexibility index (Phi) is 7.98. The van der Waals surface area contributed by atoms with Crippen molar-refractivity contribution in [1.82, 2.24) is 14.7 Å². The Hall–Kier alpha value is -3.11. The van der Waals surface area contributed by atoms with E-state index in [-0.39, 0.29) is 25.5 Å². The van der Waals surface area contributed by atoms with Gasteiger partial charge in [0.1, 0.15) is 5.15 Å². The average Bonchev–Trinajstić information content (AvgIpc) is 2.96. The van der Waals surface area contributed by atoms with Crippen LogP contribution in [-0.2, 0) is 20.9 Å². The lowest BCUT2D eigenvalue weighted by molar-refractivity contribution is -0.147. The molecular formula is C21H23ClN4O3. The number of carbonyl (C=O) groups is 2. The summed E-state index contributed by atoms with van der Waals surface area (Å²) in [5, 5.41) is 13.4. The van der Waals surface area contributed by atoms with Gasteiger partial charge in [0.15, 0.2) is 6.61 Å². The molecule has 0 unspecified atom stereocenters. The van der Waals surface area contributed by atoms with Crippen LogP contribution in [0.1, 0.15) is 28.8 Å². The lowest BCUT2D eigenvalue weighted by Crippen LogP contribution is -2.31. The van der Waals surface area contributed by atoms with Crippen LogP contribution >= 0.6 is 11.6 Å². The molecular weight excluding hydrogens is 392 g/mol. The monoisotopic (exact) mass is 414 g/mol. The minimum Gasteiger partial charge on any atom is -0.452 e. The first-order valence-corrected chi connectivity index (χ1v) is 9.43. The fraction of sp³-hybridized carbons (Fsp3) is 0.333. The zero-order valence-electron chi connectivity index (χ0n) is 16.7. The summed E-state index contributed by atoms with van der Waals surface area (Å²) in [5.41, 5.74) is 3.54. The summed E-state index contributed by atoms with van der Waals surface area (Å²) < 4.78 is 6.62. The molecule has 1 amide bonds. The molecule has 0 bridgehead atoms. The smallest absolute Gasteiger partial charge is 0.331 e. The van der Waals surface area contributed by atoms with Crippen LogP contribution in [0.25, 0.3) is 6.08 Å². The molecule has 0 saturated carbocycles. The van der Waals surface area contributed by atoms with Crippen molar-refractivity contribution in [2.45, 2.75) is 26.8 Å². The molecule has 2 aromatic rings. The van der Waals surface area contributed by atoms with Gasteiger partial charge in [-0.25, -0.2) is 9.48 Å². The highest BCUT2D eigenvalue weighted by atomic mass is 35.5. The highest BCUT2D eigenvalue weighted by Crippen LogP contribution is 2.22. The molecule has 29 heavy (non-hydrogen) atoms. The van der Waals surface area contributed by atoms with E-state index in [0.717, 1.165) is 5.56 Å². The number of nitrogens with zero attached hydrogens (tertiary/aromatic N) is 4. The predicted molar refractivity (Wildman–Crippen MR) is 110 cm³/mol. The van der Waals surface area contributed by atoms with Gasteiger partial charge in [0.25, 0.3) is 5.91 Å². The first kappa shape index (κ1) is 22.2. The molecule has 0 fully saturated rings. The maximum absolute atomic E-state index is 11.9. The third-order valence-corrected chi connectivity index (χ3v) is 4.67. The molecule has 0 spiro atoms. The molecule has 0 saturated heterocycles. The maximum atomic E-state index is 11.9. The van der Waals surface area contributed by atoms with Crippen LogP contribution in [0.15, 0.2) is 30.3 Å². The van der Waals surface area contributed by atoms with Crippen molar-refractivity contribution >= 4 is 29.6 Å². The van der Waals surface area contributed by atoms with Gasteiger partial charge in [-0.3, -0.25) is 4.79 Å². The number of carbonyl (C=O) groups excluding carboxylic acids is 2. The third-order valence-electron chi connectivity index (χ3n) is 4.27. The summed E-state index contributed by atoms with van der Waals surface area (Å²) in [6.07, 6.45) is 2.97. The zero-order chi connectivity index (χ0) is 21.4. The van der Waals surface area contributed by atoms with Gasteiger partial charge < -0.3 is 9.64 Å². The molecule has 0 N–H and O–H groups in total. The number of amides is 1. The Labute approximate surface area is 175 Å². The highest BCUT2D eigenvalue weighted by molar-refractivity contribution is 6.31. The summed E-state index contributed by atoms with van der Waals surface area (Å²) in [4.78, 5) is 25.1. The van der Waals surface area contributed by atoms with Crippen molar-refractivity contribution in [2.24, 2.45) is 0 Å². The van der Waals surface area contributed by atoms with Crippen LogP contribution in [-0.4, -0.2) is 46.8 Å². The van der Waals surface area contributed by atoms with Gasteiger partial charge in [-0.15, -0.1) is 0 Å². The molecule has 1 heterocycles. The normalized spacial score (nSPS) is 10.7. The van der Waals surface area contributed by atoms with Gasteiger partial charge in [0.05, 0.1) is 24.7 Å². The second kappa shape index (κ2) is 10.4. The number of aromatic nitrogens is 2. The molecule has 0 radical (unpaired) electrons. The van der Waals surface area contributed by atoms with Crippen LogP contribution < -0.4 is 0 Å². The van der Waals surface area contributed by atoms with Crippen molar-refractivity contribution in [3.05, 3.63) is 57.9 Å². The number of ether oxygens (including phenoxy) is 1. The van der Waals surface area contributed by atoms with Crippen molar-refractivity contribution in [3.63, 3.8) is 0 Å². The van der Waals surface area contributed by atoms with Crippen molar-refractivity contribution in [1.29, 1.82) is 5.26 Å². The SMILES string of the molecule is Cc1ccc(Cn2nc(C)c(/C=C/C(=O)OCC(=O)N(C)CCC#N)c2Cl)cc1. The van der Waals surface area contributed by atoms with Crippen LogP contribution in [0.2, 0.25) is 5.15 Å². The van der Waals surface area contributed by atoms with E-state index in [0.29, 0.717) is 23.0 Å². The van der Waals surface area contributed by atoms with Crippen molar-refractivity contribution in [3.8, 4) is 6.07 Å². The first-order valence-electron chi connectivity index (χ1n) is 9.06. The number of halogens is 1. The van der Waals surface area contributed by atoms with Crippen molar-refractivity contribution < 1.29 is 14.3 Å². The summed E-state index contributed by atoms with van der Waals surface area (Å²) in [5.74, 6) is -1.03. The molecule has 0 aliphatic rings. The average molecular weight is 415 g/mol. The van der Waals surface area contributed by atoms with Gasteiger partial charge >= 0.3 is 5.97 Å². The topological polar surface area (TPSA) is 88.2 Å². The van der Waals surface area contributed by atoms with E-state index in [1.807, 2.05) is 37.3 Å². The number of nitriles is 1. The van der Waals surface area contributed by atoms with Crippen LogP contribution in [0, 0.1) is 25.2 Å². The van der Waals surface area contributed by atoms with Gasteiger partial charge in [0, 0.05) is 25.2 Å². The molecule has 1 aromatic carbocycles. The minimum atomic E-state index is -0.659. The van der Waals surface area contributed by atoms with Crippen LogP contribution in [0.4, 0.5) is 0 Å². The van der Waals surface area contributed by atoms with Gasteiger partial charge in [0.2, 0.25) is 0 Å². The van der Waals surface area contributed by atoms with E-state index in [1.165, 1.54) is 22.6 Å². The van der Waals surface area contributed by atoms with E-state index >= 15 is 0 Å². The van der Waals surface area contributed by atoms with Gasteiger partial charge in [-0.05, 0) is 25.5 Å². The summed E-state index contributed by atoms with van der Waals surface area (Å²) in [6, 6.07) is 10.0. The predicted octanol–water partition coefficient (Wildman–Crippen LogP) is 3.13. The largest absolute Gasteiger partial charge is 0.452 e. The summed E-state index contributed by atoms with van der Waals surface area (Å²) in [7, 11) is 1.55.